The van der Waals surface area contributed by atoms with Crippen LogP contribution < -0.4 is 4.74 Å². The molecule has 0 atom stereocenters. The number of hydrogen-bond acceptors (Lipinski definition) is 8. The summed E-state index contributed by atoms with van der Waals surface area (Å²) in [5.41, 5.74) is 2.17. The minimum absolute atomic E-state index is 0.136. The fraction of sp³-hybridized carbons (Fsp3) is 0.300. The van der Waals surface area contributed by atoms with Gasteiger partial charge >= 0.3 is 5.97 Å². The second kappa shape index (κ2) is 10.7. The molecule has 148 valence electrons. The summed E-state index contributed by atoms with van der Waals surface area (Å²) in [6, 6.07) is 8.94. The molecule has 0 aliphatic rings. The Labute approximate surface area is 163 Å². The fourth-order valence-electron chi connectivity index (χ4n) is 2.34. The number of oxime groups is 1. The molecule has 8 heteroatoms. The summed E-state index contributed by atoms with van der Waals surface area (Å²) in [6.45, 7) is 4.26. The van der Waals surface area contributed by atoms with Crippen molar-refractivity contribution in [2.45, 2.75) is 20.5 Å². The molecular weight excluding hydrogens is 362 g/mol. The number of hydrogen-bond donors (Lipinski definition) is 0. The first-order valence-corrected chi connectivity index (χ1v) is 8.63. The van der Waals surface area contributed by atoms with Gasteiger partial charge in [0.15, 0.2) is 5.82 Å². The van der Waals surface area contributed by atoms with Crippen LogP contribution in [0.1, 0.15) is 30.8 Å². The van der Waals surface area contributed by atoms with Crippen LogP contribution in [0.15, 0.2) is 47.9 Å². The zero-order chi connectivity index (χ0) is 20.4. The number of carbonyl (C=O) groups excluding carboxylic acids is 1. The van der Waals surface area contributed by atoms with E-state index >= 15 is 0 Å². The minimum atomic E-state index is -0.505. The molecular formula is C20H23N3O5. The summed E-state index contributed by atoms with van der Waals surface area (Å²) < 4.78 is 15.2. The van der Waals surface area contributed by atoms with Crippen LogP contribution >= 0.6 is 0 Å². The zero-order valence-corrected chi connectivity index (χ0v) is 16.3. The molecule has 0 bridgehead atoms. The van der Waals surface area contributed by atoms with E-state index in [9.17, 15) is 4.79 Å². The lowest BCUT2D eigenvalue weighted by atomic mass is 10.0. The van der Waals surface area contributed by atoms with E-state index in [0.29, 0.717) is 29.6 Å². The highest BCUT2D eigenvalue weighted by Crippen LogP contribution is 2.21. The van der Waals surface area contributed by atoms with Gasteiger partial charge in [-0.25, -0.2) is 9.78 Å². The molecule has 1 aromatic carbocycles. The molecule has 0 amide bonds. The first-order chi connectivity index (χ1) is 13.6. The monoisotopic (exact) mass is 385 g/mol. The molecule has 0 aliphatic carbocycles. The van der Waals surface area contributed by atoms with Crippen LogP contribution in [0, 0.1) is 0 Å². The highest BCUT2D eigenvalue weighted by Gasteiger charge is 2.17. The van der Waals surface area contributed by atoms with Gasteiger partial charge in [-0.05, 0) is 19.4 Å². The highest BCUT2D eigenvalue weighted by molar-refractivity contribution is 6.16. The van der Waals surface area contributed by atoms with Crippen molar-refractivity contribution in [3.8, 4) is 5.88 Å². The predicted molar refractivity (Wildman–Crippen MR) is 104 cm³/mol. The predicted octanol–water partition coefficient (Wildman–Crippen LogP) is 2.98. The number of ether oxygens (including phenoxy) is 3. The lowest BCUT2D eigenvalue weighted by Crippen LogP contribution is -2.08. The molecule has 1 aromatic heterocycles. The molecule has 0 saturated heterocycles. The third-order valence-corrected chi connectivity index (χ3v) is 3.62. The fourth-order valence-corrected chi connectivity index (χ4v) is 2.34. The van der Waals surface area contributed by atoms with Crippen molar-refractivity contribution >= 4 is 17.3 Å². The zero-order valence-electron chi connectivity index (χ0n) is 16.3. The van der Waals surface area contributed by atoms with Gasteiger partial charge in [0.2, 0.25) is 5.88 Å². The molecule has 0 radical (unpaired) electrons. The summed E-state index contributed by atoms with van der Waals surface area (Å²) in [6.07, 6.45) is 2.94. The maximum Gasteiger partial charge on any atom is 0.341 e. The Balaban J connectivity index is 2.17. The van der Waals surface area contributed by atoms with Crippen molar-refractivity contribution in [1.82, 2.24) is 9.97 Å². The molecule has 0 fully saturated rings. The Hall–Kier alpha value is -3.42. The standard InChI is InChI=1S/C20H23N3O5/c1-5-27-18-10-11-21-19(22-18)14(2)23-28-12-15-8-6-7-9-16(15)17(13-25-3)20(24)26-4/h6-11,13H,5,12H2,1-4H3/b17-13+,23-14+. The largest absolute Gasteiger partial charge is 0.503 e. The van der Waals surface area contributed by atoms with Crippen molar-refractivity contribution in [3.05, 3.63) is 59.7 Å². The normalized spacial score (nSPS) is 11.7. The first kappa shape index (κ1) is 20.9. The lowest BCUT2D eigenvalue weighted by Gasteiger charge is -2.11. The van der Waals surface area contributed by atoms with Gasteiger partial charge in [-0.1, -0.05) is 29.4 Å². The van der Waals surface area contributed by atoms with Crippen molar-refractivity contribution in [3.63, 3.8) is 0 Å². The number of methoxy groups -OCH3 is 2. The van der Waals surface area contributed by atoms with Gasteiger partial charge < -0.3 is 19.0 Å². The van der Waals surface area contributed by atoms with Crippen LogP contribution in [0.2, 0.25) is 0 Å². The van der Waals surface area contributed by atoms with E-state index in [1.165, 1.54) is 20.5 Å². The Bertz CT molecular complexity index is 864. The Morgan fingerprint density at radius 2 is 2.00 bits per heavy atom. The van der Waals surface area contributed by atoms with E-state index < -0.39 is 5.97 Å². The van der Waals surface area contributed by atoms with Gasteiger partial charge in [0.05, 0.1) is 27.1 Å². The number of benzene rings is 1. The number of esters is 1. The van der Waals surface area contributed by atoms with Crippen LogP contribution in [0.3, 0.4) is 0 Å². The molecule has 0 saturated carbocycles. The van der Waals surface area contributed by atoms with Gasteiger partial charge in [0.25, 0.3) is 0 Å². The topological polar surface area (TPSA) is 92.1 Å². The third-order valence-electron chi connectivity index (χ3n) is 3.62. The maximum atomic E-state index is 12.0. The molecule has 0 N–H and O–H groups in total. The second-order valence-corrected chi connectivity index (χ2v) is 5.52. The van der Waals surface area contributed by atoms with Gasteiger partial charge in [0.1, 0.15) is 17.9 Å². The van der Waals surface area contributed by atoms with Crippen LogP contribution in [0.4, 0.5) is 0 Å². The van der Waals surface area contributed by atoms with Crippen LogP contribution in [-0.2, 0) is 25.7 Å². The summed E-state index contributed by atoms with van der Waals surface area (Å²) in [7, 11) is 2.78. The third kappa shape index (κ3) is 5.54. The molecule has 2 rings (SSSR count). The highest BCUT2D eigenvalue weighted by atomic mass is 16.6. The molecule has 2 aromatic rings. The van der Waals surface area contributed by atoms with Gasteiger partial charge in [0, 0.05) is 17.8 Å². The van der Waals surface area contributed by atoms with Crippen molar-refractivity contribution < 1.29 is 23.8 Å². The van der Waals surface area contributed by atoms with Crippen LogP contribution in [0.5, 0.6) is 5.88 Å². The van der Waals surface area contributed by atoms with E-state index in [2.05, 4.69) is 15.1 Å². The number of carbonyl (C=O) groups is 1. The summed E-state index contributed by atoms with van der Waals surface area (Å²) in [5.74, 6) is 0.378. The minimum Gasteiger partial charge on any atom is -0.503 e. The Morgan fingerprint density at radius 1 is 1.21 bits per heavy atom. The molecule has 1 heterocycles. The van der Waals surface area contributed by atoms with E-state index in [1.54, 1.807) is 25.3 Å². The molecule has 28 heavy (non-hydrogen) atoms. The molecule has 0 aliphatic heterocycles. The SMILES string of the molecule is CCOc1ccnc(/C(C)=N/OCc2ccccc2/C(=C\OC)C(=O)OC)n1. The van der Waals surface area contributed by atoms with E-state index in [1.807, 2.05) is 25.1 Å². The summed E-state index contributed by atoms with van der Waals surface area (Å²) in [4.78, 5) is 25.9. The molecule has 8 nitrogen and oxygen atoms in total. The van der Waals surface area contributed by atoms with Gasteiger partial charge in [-0.3, -0.25) is 0 Å². The second-order valence-electron chi connectivity index (χ2n) is 5.52. The van der Waals surface area contributed by atoms with E-state index in [4.69, 9.17) is 19.0 Å². The summed E-state index contributed by atoms with van der Waals surface area (Å²) in [5, 5.41) is 4.07. The van der Waals surface area contributed by atoms with Crippen molar-refractivity contribution in [2.24, 2.45) is 5.16 Å². The van der Waals surface area contributed by atoms with Gasteiger partial charge in [-0.15, -0.1) is 0 Å². The van der Waals surface area contributed by atoms with Crippen LogP contribution in [-0.4, -0.2) is 42.5 Å². The summed E-state index contributed by atoms with van der Waals surface area (Å²) >= 11 is 0. The Kier molecular flexibility index (Phi) is 7.95. The molecule has 0 spiro atoms. The number of nitrogens with zero attached hydrogens (tertiary/aromatic N) is 3. The van der Waals surface area contributed by atoms with Gasteiger partial charge in [-0.2, -0.15) is 4.98 Å². The number of rotatable bonds is 9. The Morgan fingerprint density at radius 3 is 2.71 bits per heavy atom. The van der Waals surface area contributed by atoms with Crippen molar-refractivity contribution in [1.29, 1.82) is 0 Å². The van der Waals surface area contributed by atoms with E-state index in [-0.39, 0.29) is 12.2 Å². The van der Waals surface area contributed by atoms with Crippen LogP contribution in [0.25, 0.3) is 5.57 Å². The smallest absolute Gasteiger partial charge is 0.341 e. The first-order valence-electron chi connectivity index (χ1n) is 8.63. The average molecular weight is 385 g/mol. The average Bonchev–Trinajstić information content (AvgIpc) is 2.72. The maximum absolute atomic E-state index is 12.0. The lowest BCUT2D eigenvalue weighted by molar-refractivity contribution is -0.133. The quantitative estimate of drug-likeness (QED) is 0.215. The number of aromatic nitrogens is 2. The molecule has 0 unspecified atom stereocenters. The van der Waals surface area contributed by atoms with E-state index in [0.717, 1.165) is 5.56 Å². The van der Waals surface area contributed by atoms with Crippen molar-refractivity contribution in [2.75, 3.05) is 20.8 Å².